The van der Waals surface area contributed by atoms with Gasteiger partial charge in [0.1, 0.15) is 5.75 Å². The van der Waals surface area contributed by atoms with E-state index in [1.54, 1.807) is 7.11 Å². The van der Waals surface area contributed by atoms with Gasteiger partial charge in [-0.3, -0.25) is 0 Å². The smallest absolute Gasteiger partial charge is 0.120 e. The first-order valence-corrected chi connectivity index (χ1v) is 6.00. The van der Waals surface area contributed by atoms with Crippen LogP contribution < -0.4 is 15.0 Å². The van der Waals surface area contributed by atoms with E-state index in [1.807, 2.05) is 18.2 Å². The number of aliphatic hydroxyl groups excluding tert-OH is 1. The zero-order valence-electron chi connectivity index (χ0n) is 10.4. The molecule has 1 heterocycles. The van der Waals surface area contributed by atoms with Crippen LogP contribution in [0.2, 0.25) is 0 Å². The standard InChI is InChI=1S/C13H20N2O2/c1-10-7-14-8-12(9-16)15(10)11-4-3-5-13(6-11)17-2/h3-6,10,12,14,16H,7-9H2,1-2H3. The number of methoxy groups -OCH3 is 1. The molecule has 1 saturated heterocycles. The van der Waals surface area contributed by atoms with Crippen LogP contribution >= 0.6 is 0 Å². The van der Waals surface area contributed by atoms with Crippen molar-refractivity contribution in [2.24, 2.45) is 0 Å². The van der Waals surface area contributed by atoms with Gasteiger partial charge >= 0.3 is 0 Å². The summed E-state index contributed by atoms with van der Waals surface area (Å²) in [5.74, 6) is 0.852. The molecule has 0 amide bonds. The Morgan fingerprint density at radius 1 is 1.47 bits per heavy atom. The monoisotopic (exact) mass is 236 g/mol. The number of anilines is 1. The van der Waals surface area contributed by atoms with Crippen LogP contribution in [-0.4, -0.2) is 44.0 Å². The van der Waals surface area contributed by atoms with Crippen LogP contribution in [0.5, 0.6) is 5.75 Å². The highest BCUT2D eigenvalue weighted by molar-refractivity contribution is 5.53. The Kier molecular flexibility index (Phi) is 3.86. The lowest BCUT2D eigenvalue weighted by Crippen LogP contribution is -2.57. The molecule has 0 aliphatic carbocycles. The molecule has 1 aliphatic rings. The van der Waals surface area contributed by atoms with Gasteiger partial charge in [0.05, 0.1) is 19.8 Å². The van der Waals surface area contributed by atoms with Crippen LogP contribution in [0.4, 0.5) is 5.69 Å². The van der Waals surface area contributed by atoms with Crippen LogP contribution in [0.3, 0.4) is 0 Å². The van der Waals surface area contributed by atoms with Crippen LogP contribution in [0.25, 0.3) is 0 Å². The van der Waals surface area contributed by atoms with E-state index >= 15 is 0 Å². The van der Waals surface area contributed by atoms with Crippen LogP contribution in [-0.2, 0) is 0 Å². The average Bonchev–Trinajstić information content (AvgIpc) is 2.38. The van der Waals surface area contributed by atoms with E-state index in [0.29, 0.717) is 6.04 Å². The summed E-state index contributed by atoms with van der Waals surface area (Å²) in [6.45, 7) is 4.08. The minimum Gasteiger partial charge on any atom is -0.497 e. The second-order valence-corrected chi connectivity index (χ2v) is 4.45. The van der Waals surface area contributed by atoms with Gasteiger partial charge in [0.15, 0.2) is 0 Å². The van der Waals surface area contributed by atoms with Crippen molar-refractivity contribution in [3.63, 3.8) is 0 Å². The van der Waals surface area contributed by atoms with E-state index in [-0.39, 0.29) is 12.6 Å². The SMILES string of the molecule is COc1cccc(N2C(C)CNCC2CO)c1. The molecule has 0 radical (unpaired) electrons. The van der Waals surface area contributed by atoms with E-state index in [1.165, 1.54) is 0 Å². The Bertz CT molecular complexity index is 370. The summed E-state index contributed by atoms with van der Waals surface area (Å²) < 4.78 is 5.24. The number of benzene rings is 1. The molecule has 0 spiro atoms. The van der Waals surface area contributed by atoms with Crippen molar-refractivity contribution in [3.05, 3.63) is 24.3 Å². The first-order valence-electron chi connectivity index (χ1n) is 6.00. The number of hydrogen-bond donors (Lipinski definition) is 2. The fourth-order valence-corrected chi connectivity index (χ4v) is 2.40. The minimum atomic E-state index is 0.130. The van der Waals surface area contributed by atoms with Crippen LogP contribution in [0.1, 0.15) is 6.92 Å². The lowest BCUT2D eigenvalue weighted by Gasteiger charge is -2.42. The normalized spacial score (nSPS) is 24.8. The number of nitrogens with zero attached hydrogens (tertiary/aromatic N) is 1. The maximum absolute atomic E-state index is 9.45. The van der Waals surface area contributed by atoms with Gasteiger partial charge < -0.3 is 20.1 Å². The number of aliphatic hydroxyl groups is 1. The number of hydrogen-bond acceptors (Lipinski definition) is 4. The maximum atomic E-state index is 9.45. The molecule has 2 unspecified atom stereocenters. The summed E-state index contributed by atoms with van der Waals surface area (Å²) >= 11 is 0. The highest BCUT2D eigenvalue weighted by Crippen LogP contribution is 2.25. The molecular formula is C13H20N2O2. The van der Waals surface area contributed by atoms with E-state index < -0.39 is 0 Å². The van der Waals surface area contributed by atoms with Crippen molar-refractivity contribution >= 4 is 5.69 Å². The first-order chi connectivity index (χ1) is 8.26. The van der Waals surface area contributed by atoms with E-state index in [2.05, 4.69) is 23.2 Å². The zero-order chi connectivity index (χ0) is 12.3. The molecule has 94 valence electrons. The second-order valence-electron chi connectivity index (χ2n) is 4.45. The summed E-state index contributed by atoms with van der Waals surface area (Å²) in [6, 6.07) is 8.50. The maximum Gasteiger partial charge on any atom is 0.120 e. The Balaban J connectivity index is 2.27. The quantitative estimate of drug-likeness (QED) is 0.817. The Morgan fingerprint density at radius 2 is 2.29 bits per heavy atom. The van der Waals surface area contributed by atoms with Crippen LogP contribution in [0.15, 0.2) is 24.3 Å². The Morgan fingerprint density at radius 3 is 3.00 bits per heavy atom. The predicted octanol–water partition coefficient (Wildman–Crippen LogP) is 0.854. The Labute approximate surface area is 102 Å². The van der Waals surface area contributed by atoms with Gasteiger partial charge in [-0.1, -0.05) is 6.07 Å². The van der Waals surface area contributed by atoms with E-state index in [4.69, 9.17) is 4.74 Å². The third kappa shape index (κ3) is 2.53. The summed E-state index contributed by atoms with van der Waals surface area (Å²) in [5, 5.41) is 12.8. The summed E-state index contributed by atoms with van der Waals surface area (Å²) in [7, 11) is 1.67. The number of rotatable bonds is 3. The highest BCUT2D eigenvalue weighted by atomic mass is 16.5. The van der Waals surface area contributed by atoms with Crippen molar-refractivity contribution in [2.45, 2.75) is 19.0 Å². The van der Waals surface area contributed by atoms with Crippen molar-refractivity contribution in [1.29, 1.82) is 0 Å². The van der Waals surface area contributed by atoms with E-state index in [9.17, 15) is 5.11 Å². The minimum absolute atomic E-state index is 0.130. The molecule has 4 heteroatoms. The summed E-state index contributed by atoms with van der Waals surface area (Å²) in [6.07, 6.45) is 0. The number of nitrogens with one attached hydrogen (secondary N) is 1. The van der Waals surface area contributed by atoms with Crippen molar-refractivity contribution in [1.82, 2.24) is 5.32 Å². The molecule has 1 fully saturated rings. The molecule has 4 nitrogen and oxygen atoms in total. The van der Waals surface area contributed by atoms with E-state index in [0.717, 1.165) is 24.5 Å². The average molecular weight is 236 g/mol. The van der Waals surface area contributed by atoms with Crippen molar-refractivity contribution in [2.75, 3.05) is 31.7 Å². The predicted molar refractivity (Wildman–Crippen MR) is 68.7 cm³/mol. The van der Waals surface area contributed by atoms with Gasteiger partial charge in [-0.05, 0) is 19.1 Å². The largest absolute Gasteiger partial charge is 0.497 e. The lowest BCUT2D eigenvalue weighted by atomic mass is 10.1. The molecule has 0 aromatic heterocycles. The number of piperazine rings is 1. The fourth-order valence-electron chi connectivity index (χ4n) is 2.40. The van der Waals surface area contributed by atoms with Gasteiger partial charge in [-0.25, -0.2) is 0 Å². The van der Waals surface area contributed by atoms with Gasteiger partial charge in [0, 0.05) is 30.9 Å². The van der Waals surface area contributed by atoms with Gasteiger partial charge in [-0.15, -0.1) is 0 Å². The molecule has 17 heavy (non-hydrogen) atoms. The third-order valence-corrected chi connectivity index (χ3v) is 3.25. The van der Waals surface area contributed by atoms with Gasteiger partial charge in [0.2, 0.25) is 0 Å². The molecule has 2 N–H and O–H groups in total. The highest BCUT2D eigenvalue weighted by Gasteiger charge is 2.27. The van der Waals surface area contributed by atoms with Crippen LogP contribution in [0, 0.1) is 0 Å². The molecule has 2 atom stereocenters. The molecule has 1 aromatic rings. The first kappa shape index (κ1) is 12.2. The lowest BCUT2D eigenvalue weighted by molar-refractivity contribution is 0.235. The fraction of sp³-hybridized carbons (Fsp3) is 0.538. The molecule has 2 rings (SSSR count). The van der Waals surface area contributed by atoms with Crippen molar-refractivity contribution < 1.29 is 9.84 Å². The number of ether oxygens (including phenoxy) is 1. The summed E-state index contributed by atoms with van der Waals surface area (Å²) in [4.78, 5) is 2.26. The Hall–Kier alpha value is -1.26. The summed E-state index contributed by atoms with van der Waals surface area (Å²) in [5.41, 5.74) is 1.11. The van der Waals surface area contributed by atoms with Gasteiger partial charge in [0.25, 0.3) is 0 Å². The third-order valence-electron chi connectivity index (χ3n) is 3.25. The zero-order valence-corrected chi connectivity index (χ0v) is 10.4. The molecule has 1 aromatic carbocycles. The second kappa shape index (κ2) is 5.38. The molecule has 1 aliphatic heterocycles. The van der Waals surface area contributed by atoms with Gasteiger partial charge in [-0.2, -0.15) is 0 Å². The molecule has 0 saturated carbocycles. The molecule has 0 bridgehead atoms. The molecular weight excluding hydrogens is 216 g/mol. The van der Waals surface area contributed by atoms with Crippen molar-refractivity contribution in [3.8, 4) is 5.75 Å². The topological polar surface area (TPSA) is 44.7 Å².